The van der Waals surface area contributed by atoms with Gasteiger partial charge in [0.2, 0.25) is 5.91 Å². The Hall–Kier alpha value is -1.23. The van der Waals surface area contributed by atoms with Crippen LogP contribution in [0, 0.1) is 5.92 Å². The average molecular weight is 385 g/mol. The summed E-state index contributed by atoms with van der Waals surface area (Å²) in [5, 5.41) is 20.0. The Morgan fingerprint density at radius 2 is 2.17 bits per heavy atom. The second-order valence-electron chi connectivity index (χ2n) is 5.13. The van der Waals surface area contributed by atoms with E-state index in [2.05, 4.69) is 9.97 Å². The van der Waals surface area contributed by atoms with Crippen LogP contribution in [0.4, 0.5) is 0 Å². The van der Waals surface area contributed by atoms with E-state index in [4.69, 9.17) is 0 Å². The van der Waals surface area contributed by atoms with Crippen LogP contribution in [0.15, 0.2) is 33.6 Å². The lowest BCUT2D eigenvalue weighted by molar-refractivity contribution is -0.159. The number of carbonyl (C=O) groups is 2. The van der Waals surface area contributed by atoms with E-state index >= 15 is 0 Å². The zero-order valence-corrected chi connectivity index (χ0v) is 15.3. The third-order valence-corrected chi connectivity index (χ3v) is 7.73. The van der Waals surface area contributed by atoms with Crippen LogP contribution in [0.25, 0.3) is 0 Å². The van der Waals surface area contributed by atoms with E-state index < -0.39 is 22.2 Å². The van der Waals surface area contributed by atoms with Crippen LogP contribution in [-0.4, -0.2) is 53.0 Å². The number of carbonyl (C=O) groups excluding carboxylic acids is 1. The van der Waals surface area contributed by atoms with Crippen molar-refractivity contribution in [3.63, 3.8) is 0 Å². The van der Waals surface area contributed by atoms with E-state index in [1.807, 2.05) is 6.92 Å². The van der Waals surface area contributed by atoms with E-state index in [0.29, 0.717) is 15.1 Å². The highest BCUT2D eigenvalue weighted by atomic mass is 32.2. The molecule has 24 heavy (non-hydrogen) atoms. The summed E-state index contributed by atoms with van der Waals surface area (Å²) in [6.45, 7) is 3.50. The molecule has 3 heterocycles. The van der Waals surface area contributed by atoms with Crippen molar-refractivity contribution in [3.8, 4) is 0 Å². The maximum atomic E-state index is 12.5. The number of hydrogen-bond acceptors (Lipinski definition) is 8. The zero-order chi connectivity index (χ0) is 17.5. The van der Waals surface area contributed by atoms with Crippen LogP contribution in [0.2, 0.25) is 0 Å². The average Bonchev–Trinajstić information content (AvgIpc) is 2.78. The molecule has 1 aromatic rings. The summed E-state index contributed by atoms with van der Waals surface area (Å²) in [6.07, 6.45) is 2.30. The van der Waals surface area contributed by atoms with Crippen LogP contribution in [-0.2, 0) is 9.59 Å². The van der Waals surface area contributed by atoms with Gasteiger partial charge in [-0.1, -0.05) is 18.7 Å². The number of hydrogen-bond donors (Lipinski definition) is 2. The van der Waals surface area contributed by atoms with Gasteiger partial charge in [-0.15, -0.1) is 11.8 Å². The molecule has 1 unspecified atom stereocenters. The molecule has 1 amide bonds. The Balaban J connectivity index is 2.00. The van der Waals surface area contributed by atoms with Gasteiger partial charge in [0.25, 0.3) is 0 Å². The number of β-lactam (4-membered cyclic amide) rings is 1. The molecule has 0 bridgehead atoms. The minimum atomic E-state index is -1.17. The molecule has 7 nitrogen and oxygen atoms in total. The van der Waals surface area contributed by atoms with Crippen LogP contribution < -0.4 is 0 Å². The fraction of sp³-hybridized carbons (Fsp3) is 0.429. The Morgan fingerprint density at radius 1 is 1.50 bits per heavy atom. The topological polar surface area (TPSA) is 104 Å². The molecule has 128 valence electrons. The predicted octanol–water partition coefficient (Wildman–Crippen LogP) is 1.82. The van der Waals surface area contributed by atoms with Gasteiger partial charge in [-0.25, -0.2) is 14.8 Å². The molecule has 0 spiro atoms. The third-order valence-electron chi connectivity index (χ3n) is 3.61. The van der Waals surface area contributed by atoms with E-state index in [9.17, 15) is 19.8 Å². The van der Waals surface area contributed by atoms with Crippen molar-refractivity contribution in [2.24, 2.45) is 5.92 Å². The molecule has 0 aromatic carbocycles. The Labute approximate surface area is 151 Å². The van der Waals surface area contributed by atoms with Gasteiger partial charge in [0.15, 0.2) is 15.1 Å². The number of carboxylic acid groups (broad SMARTS) is 1. The molecule has 10 heteroatoms. The van der Waals surface area contributed by atoms with Crippen LogP contribution in [0.5, 0.6) is 0 Å². The SMILES string of the molecule is CCS[C@]12SC(Sc3ncccn3)=C(C(=O)O)N1C(=O)[C@@H]2C(C)O. The van der Waals surface area contributed by atoms with Crippen molar-refractivity contribution >= 4 is 47.2 Å². The Kier molecular flexibility index (Phi) is 4.82. The summed E-state index contributed by atoms with van der Waals surface area (Å²) in [4.78, 5) is 33.8. The molecular weight excluding hydrogens is 370 g/mol. The number of aromatic nitrogens is 2. The van der Waals surface area contributed by atoms with Gasteiger partial charge in [0.1, 0.15) is 5.92 Å². The monoisotopic (exact) mass is 385 g/mol. The first kappa shape index (κ1) is 17.6. The summed E-state index contributed by atoms with van der Waals surface area (Å²) in [6, 6.07) is 1.67. The molecule has 0 aliphatic carbocycles. The number of nitrogens with zero attached hydrogens (tertiary/aromatic N) is 3. The van der Waals surface area contributed by atoms with E-state index in [1.165, 1.54) is 28.4 Å². The first-order valence-corrected chi connectivity index (χ1v) is 9.81. The predicted molar refractivity (Wildman–Crippen MR) is 93.0 cm³/mol. The Morgan fingerprint density at radius 3 is 2.71 bits per heavy atom. The van der Waals surface area contributed by atoms with Crippen LogP contribution >= 0.6 is 35.3 Å². The Bertz CT molecular complexity index is 712. The fourth-order valence-corrected chi connectivity index (χ4v) is 7.62. The lowest BCUT2D eigenvalue weighted by atomic mass is 9.91. The van der Waals surface area contributed by atoms with Crippen molar-refractivity contribution in [3.05, 3.63) is 28.4 Å². The van der Waals surface area contributed by atoms with Gasteiger partial charge in [-0.3, -0.25) is 9.69 Å². The highest BCUT2D eigenvalue weighted by Crippen LogP contribution is 2.66. The standard InChI is InChI=1S/C14H15N3O4S3/c1-3-22-14-8(7(2)18)10(19)17(14)9(11(20)21)12(24-14)23-13-15-5-4-6-16-13/h4-8,18H,3H2,1-2H3,(H,20,21)/t7?,8-,14+/m0/s1. The highest BCUT2D eigenvalue weighted by Gasteiger charge is 2.69. The van der Waals surface area contributed by atoms with Crippen molar-refractivity contribution in [2.45, 2.75) is 29.3 Å². The van der Waals surface area contributed by atoms with Gasteiger partial charge in [-0.2, -0.15) is 0 Å². The van der Waals surface area contributed by atoms with Crippen molar-refractivity contribution < 1.29 is 19.8 Å². The van der Waals surface area contributed by atoms with Crippen molar-refractivity contribution in [1.29, 1.82) is 0 Å². The quantitative estimate of drug-likeness (QED) is 0.560. The second kappa shape index (κ2) is 6.58. The number of thioether (sulfide) groups is 3. The maximum Gasteiger partial charge on any atom is 0.354 e. The van der Waals surface area contributed by atoms with Crippen LogP contribution in [0.1, 0.15) is 13.8 Å². The van der Waals surface area contributed by atoms with Gasteiger partial charge < -0.3 is 10.2 Å². The zero-order valence-electron chi connectivity index (χ0n) is 12.9. The number of aliphatic hydroxyl groups is 1. The van der Waals surface area contributed by atoms with E-state index in [0.717, 1.165) is 11.8 Å². The molecule has 0 saturated carbocycles. The largest absolute Gasteiger partial charge is 0.477 e. The molecule has 2 aliphatic heterocycles. The normalized spacial score (nSPS) is 27.0. The summed E-state index contributed by atoms with van der Waals surface area (Å²) in [5.41, 5.74) is -0.0553. The second-order valence-corrected chi connectivity index (χ2v) is 9.35. The molecule has 1 fully saturated rings. The first-order chi connectivity index (χ1) is 11.4. The molecule has 2 aliphatic rings. The summed E-state index contributed by atoms with van der Waals surface area (Å²) in [5.74, 6) is -1.49. The number of amides is 1. The molecule has 2 N–H and O–H groups in total. The van der Waals surface area contributed by atoms with Gasteiger partial charge in [0.05, 0.1) is 10.3 Å². The molecule has 0 radical (unpaired) electrons. The summed E-state index contributed by atoms with van der Waals surface area (Å²) >= 11 is 3.88. The summed E-state index contributed by atoms with van der Waals surface area (Å²) in [7, 11) is 0. The van der Waals surface area contributed by atoms with E-state index in [1.54, 1.807) is 25.4 Å². The molecule has 1 aromatic heterocycles. The van der Waals surface area contributed by atoms with Gasteiger partial charge in [-0.05, 0) is 30.5 Å². The van der Waals surface area contributed by atoms with Gasteiger partial charge >= 0.3 is 5.97 Å². The van der Waals surface area contributed by atoms with Crippen molar-refractivity contribution in [1.82, 2.24) is 14.9 Å². The number of rotatable bonds is 6. The van der Waals surface area contributed by atoms with Crippen molar-refractivity contribution in [2.75, 3.05) is 5.75 Å². The number of aliphatic hydroxyl groups excluding tert-OH is 1. The number of fused-ring (bicyclic) bond motifs is 1. The fourth-order valence-electron chi connectivity index (χ4n) is 2.74. The molecular formula is C14H15N3O4S3. The summed E-state index contributed by atoms with van der Waals surface area (Å²) < 4.78 is -0.351. The molecule has 3 rings (SSSR count). The number of carboxylic acids is 1. The molecule has 1 saturated heterocycles. The third kappa shape index (κ3) is 2.61. The minimum absolute atomic E-state index is 0.0553. The van der Waals surface area contributed by atoms with E-state index in [-0.39, 0.29) is 11.6 Å². The van der Waals surface area contributed by atoms with Gasteiger partial charge in [0, 0.05) is 12.4 Å². The lowest BCUT2D eigenvalue weighted by Gasteiger charge is -2.53. The first-order valence-electron chi connectivity index (χ1n) is 7.20. The smallest absolute Gasteiger partial charge is 0.354 e. The highest BCUT2D eigenvalue weighted by molar-refractivity contribution is 8.29. The molecule has 3 atom stereocenters. The minimum Gasteiger partial charge on any atom is -0.477 e. The number of aliphatic carboxylic acids is 1. The van der Waals surface area contributed by atoms with Crippen LogP contribution in [0.3, 0.4) is 0 Å². The lowest BCUT2D eigenvalue weighted by Crippen LogP contribution is -2.68. The maximum absolute atomic E-state index is 12.5.